The summed E-state index contributed by atoms with van der Waals surface area (Å²) < 4.78 is 0. The Balaban J connectivity index is 2.57. The summed E-state index contributed by atoms with van der Waals surface area (Å²) in [5, 5.41) is 9.02. The highest BCUT2D eigenvalue weighted by Crippen LogP contribution is 2.49. The van der Waals surface area contributed by atoms with Gasteiger partial charge in [-0.15, -0.1) is 0 Å². The van der Waals surface area contributed by atoms with Crippen LogP contribution in [0.25, 0.3) is 0 Å². The fourth-order valence-corrected chi connectivity index (χ4v) is 1.81. The number of hydrogen-bond donors (Lipinski definition) is 1. The maximum atomic E-state index is 9.02. The minimum Gasteiger partial charge on any atom is -0.396 e. The molecular formula is C9H16O. The van der Waals surface area contributed by atoms with Gasteiger partial charge in [0.05, 0.1) is 0 Å². The van der Waals surface area contributed by atoms with Crippen molar-refractivity contribution >= 4 is 0 Å². The molecule has 0 bridgehead atoms. The molecule has 1 nitrogen and oxygen atoms in total. The number of hydrogen-bond acceptors (Lipinski definition) is 1. The summed E-state index contributed by atoms with van der Waals surface area (Å²) in [6.45, 7) is 8.41. The molecule has 0 saturated heterocycles. The predicted octanol–water partition coefficient (Wildman–Crippen LogP) is 1.97. The summed E-state index contributed by atoms with van der Waals surface area (Å²) >= 11 is 0. The molecule has 0 amide bonds. The zero-order valence-corrected chi connectivity index (χ0v) is 6.85. The third-order valence-corrected chi connectivity index (χ3v) is 2.80. The van der Waals surface area contributed by atoms with Crippen LogP contribution in [0, 0.1) is 11.3 Å². The van der Waals surface area contributed by atoms with E-state index in [1.807, 2.05) is 0 Å². The summed E-state index contributed by atoms with van der Waals surface area (Å²) in [5.74, 6) is 0.567. The van der Waals surface area contributed by atoms with Crippen molar-refractivity contribution in [2.75, 3.05) is 6.61 Å². The van der Waals surface area contributed by atoms with E-state index < -0.39 is 0 Å². The van der Waals surface area contributed by atoms with Gasteiger partial charge in [0.1, 0.15) is 0 Å². The van der Waals surface area contributed by atoms with Crippen molar-refractivity contribution in [2.24, 2.45) is 11.3 Å². The highest BCUT2D eigenvalue weighted by Gasteiger charge is 2.42. The lowest BCUT2D eigenvalue weighted by molar-refractivity contribution is 0.0111. The molecule has 10 heavy (non-hydrogen) atoms. The van der Waals surface area contributed by atoms with Crippen LogP contribution < -0.4 is 0 Å². The molecule has 1 fully saturated rings. The van der Waals surface area contributed by atoms with Gasteiger partial charge in [-0.3, -0.25) is 0 Å². The average Bonchev–Trinajstić information content (AvgIpc) is 1.83. The largest absolute Gasteiger partial charge is 0.396 e. The van der Waals surface area contributed by atoms with Crippen molar-refractivity contribution in [3.8, 4) is 0 Å². The van der Waals surface area contributed by atoms with E-state index in [0.29, 0.717) is 12.5 Å². The Morgan fingerprint density at radius 2 is 2.40 bits per heavy atom. The third-order valence-electron chi connectivity index (χ3n) is 2.80. The first-order valence-corrected chi connectivity index (χ1v) is 3.86. The highest BCUT2D eigenvalue weighted by atomic mass is 16.3. The van der Waals surface area contributed by atoms with Crippen molar-refractivity contribution in [3.63, 3.8) is 0 Å². The Hall–Kier alpha value is -0.300. The van der Waals surface area contributed by atoms with Gasteiger partial charge in [-0.25, -0.2) is 0 Å². The van der Waals surface area contributed by atoms with Gasteiger partial charge in [0, 0.05) is 6.61 Å². The minimum atomic E-state index is 0.159. The van der Waals surface area contributed by atoms with Crippen molar-refractivity contribution < 1.29 is 5.11 Å². The second kappa shape index (κ2) is 2.39. The summed E-state index contributed by atoms with van der Waals surface area (Å²) in [6.07, 6.45) is 2.37. The van der Waals surface area contributed by atoms with Crippen LogP contribution in [0.4, 0.5) is 0 Å². The van der Waals surface area contributed by atoms with Gasteiger partial charge in [-0.2, -0.15) is 0 Å². The van der Waals surface area contributed by atoms with Gasteiger partial charge >= 0.3 is 0 Å². The van der Waals surface area contributed by atoms with Gasteiger partial charge in [0.15, 0.2) is 0 Å². The fraction of sp³-hybridized carbons (Fsp3) is 0.778. The first-order valence-electron chi connectivity index (χ1n) is 3.86. The molecule has 1 aliphatic rings. The smallest absolute Gasteiger partial charge is 0.0490 e. The number of rotatable bonds is 2. The molecule has 0 unspecified atom stereocenters. The zero-order valence-electron chi connectivity index (χ0n) is 6.85. The molecule has 1 heteroatoms. The van der Waals surface area contributed by atoms with Gasteiger partial charge < -0.3 is 5.11 Å². The molecule has 0 aromatic rings. The van der Waals surface area contributed by atoms with Crippen LogP contribution in [0.3, 0.4) is 0 Å². The summed E-state index contributed by atoms with van der Waals surface area (Å²) in [4.78, 5) is 0. The molecule has 1 rings (SSSR count). The molecule has 58 valence electrons. The van der Waals surface area contributed by atoms with Crippen LogP contribution in [0.15, 0.2) is 12.2 Å². The topological polar surface area (TPSA) is 20.2 Å². The van der Waals surface area contributed by atoms with Gasteiger partial charge in [-0.05, 0) is 31.1 Å². The molecule has 0 radical (unpaired) electrons. The van der Waals surface area contributed by atoms with E-state index in [1.54, 1.807) is 0 Å². The van der Waals surface area contributed by atoms with E-state index in [-0.39, 0.29) is 5.41 Å². The number of allylic oxidation sites excluding steroid dienone is 1. The van der Waals surface area contributed by atoms with E-state index in [0.717, 1.165) is 6.42 Å². The lowest BCUT2D eigenvalue weighted by Gasteiger charge is -2.46. The normalized spacial score (nSPS) is 38.9. The second-order valence-electron chi connectivity index (χ2n) is 3.75. The van der Waals surface area contributed by atoms with Crippen LogP contribution in [-0.4, -0.2) is 11.7 Å². The summed E-state index contributed by atoms with van der Waals surface area (Å²) in [5.41, 5.74) is 1.38. The second-order valence-corrected chi connectivity index (χ2v) is 3.75. The Bertz CT molecular complexity index is 147. The van der Waals surface area contributed by atoms with E-state index in [4.69, 9.17) is 5.11 Å². The molecule has 1 saturated carbocycles. The lowest BCUT2D eigenvalue weighted by atomic mass is 9.59. The number of aliphatic hydroxyl groups is 1. The van der Waals surface area contributed by atoms with E-state index in [9.17, 15) is 0 Å². The molecule has 0 aromatic carbocycles. The highest BCUT2D eigenvalue weighted by molar-refractivity contribution is 5.09. The molecule has 2 atom stereocenters. The molecular weight excluding hydrogens is 124 g/mol. The molecule has 1 N–H and O–H groups in total. The Morgan fingerprint density at radius 3 is 2.50 bits per heavy atom. The summed E-state index contributed by atoms with van der Waals surface area (Å²) in [6, 6.07) is 0. The maximum absolute atomic E-state index is 9.02. The first-order chi connectivity index (χ1) is 4.60. The molecule has 0 aromatic heterocycles. The predicted molar refractivity (Wildman–Crippen MR) is 42.7 cm³/mol. The van der Waals surface area contributed by atoms with Crippen LogP contribution >= 0.6 is 0 Å². The van der Waals surface area contributed by atoms with Crippen molar-refractivity contribution in [1.82, 2.24) is 0 Å². The van der Waals surface area contributed by atoms with E-state index in [2.05, 4.69) is 20.4 Å². The molecule has 0 aliphatic heterocycles. The van der Waals surface area contributed by atoms with E-state index in [1.165, 1.54) is 12.0 Å². The van der Waals surface area contributed by atoms with E-state index >= 15 is 0 Å². The van der Waals surface area contributed by atoms with Crippen LogP contribution in [0.2, 0.25) is 0 Å². The summed E-state index contributed by atoms with van der Waals surface area (Å²) in [7, 11) is 0. The lowest BCUT2D eigenvalue weighted by Crippen LogP contribution is -2.40. The Kier molecular flexibility index (Phi) is 1.86. The fourth-order valence-electron chi connectivity index (χ4n) is 1.81. The average molecular weight is 140 g/mol. The van der Waals surface area contributed by atoms with Crippen LogP contribution in [-0.2, 0) is 0 Å². The van der Waals surface area contributed by atoms with Crippen molar-refractivity contribution in [3.05, 3.63) is 12.2 Å². The molecule has 1 aliphatic carbocycles. The third kappa shape index (κ3) is 0.988. The number of aliphatic hydroxyl groups excluding tert-OH is 1. The van der Waals surface area contributed by atoms with Crippen molar-refractivity contribution in [2.45, 2.75) is 26.7 Å². The minimum absolute atomic E-state index is 0.159. The Morgan fingerprint density at radius 1 is 1.80 bits per heavy atom. The van der Waals surface area contributed by atoms with Crippen LogP contribution in [0.5, 0.6) is 0 Å². The van der Waals surface area contributed by atoms with Gasteiger partial charge in [-0.1, -0.05) is 19.1 Å². The van der Waals surface area contributed by atoms with Gasteiger partial charge in [0.25, 0.3) is 0 Å². The Labute approximate surface area is 62.8 Å². The molecule has 0 heterocycles. The SMILES string of the molecule is C=C(C)[C@@H]1CC[C@]1(C)CO. The van der Waals surface area contributed by atoms with Gasteiger partial charge in [0.2, 0.25) is 0 Å². The van der Waals surface area contributed by atoms with Crippen LogP contribution in [0.1, 0.15) is 26.7 Å². The van der Waals surface area contributed by atoms with Crippen molar-refractivity contribution in [1.29, 1.82) is 0 Å². The first kappa shape index (κ1) is 7.80. The standard InChI is InChI=1S/C9H16O/c1-7(2)8-4-5-9(8,3)6-10/h8,10H,1,4-6H2,2-3H3/t8-,9+/m0/s1. The molecule has 0 spiro atoms. The monoisotopic (exact) mass is 140 g/mol. The zero-order chi connectivity index (χ0) is 7.78. The quantitative estimate of drug-likeness (QED) is 0.581. The maximum Gasteiger partial charge on any atom is 0.0490 e.